The second-order valence-electron chi connectivity index (χ2n) is 7.16. The summed E-state index contributed by atoms with van der Waals surface area (Å²) in [5.41, 5.74) is 4.75. The summed E-state index contributed by atoms with van der Waals surface area (Å²) in [6.07, 6.45) is 2.88. The highest BCUT2D eigenvalue weighted by Crippen LogP contribution is 2.25. The molecule has 1 aromatic carbocycles. The van der Waals surface area contributed by atoms with Crippen LogP contribution in [0.3, 0.4) is 0 Å². The molecule has 0 fully saturated rings. The van der Waals surface area contributed by atoms with Gasteiger partial charge in [0.2, 0.25) is 0 Å². The molecule has 0 bridgehead atoms. The van der Waals surface area contributed by atoms with E-state index in [0.29, 0.717) is 16.6 Å². The number of halogens is 1. The predicted octanol–water partition coefficient (Wildman–Crippen LogP) is 3.49. The van der Waals surface area contributed by atoms with E-state index in [2.05, 4.69) is 36.6 Å². The smallest absolute Gasteiger partial charge is 0.264 e. The number of Topliss-reactive ketones (excluding diaryl/α,β-unsaturated/α-hetero) is 1. The van der Waals surface area contributed by atoms with Crippen LogP contribution in [-0.2, 0) is 13.6 Å². The first kappa shape index (κ1) is 19.3. The third-order valence-electron chi connectivity index (χ3n) is 5.16. The Labute approximate surface area is 175 Å². The minimum Gasteiger partial charge on any atom is -0.318 e. The van der Waals surface area contributed by atoms with E-state index in [1.807, 2.05) is 39.0 Å². The van der Waals surface area contributed by atoms with Gasteiger partial charge in [-0.3, -0.25) is 18.8 Å². The molecule has 0 aliphatic carbocycles. The Hall–Kier alpha value is -3.00. The van der Waals surface area contributed by atoms with Gasteiger partial charge in [0, 0.05) is 34.2 Å². The van der Waals surface area contributed by atoms with Gasteiger partial charge in [-0.2, -0.15) is 5.10 Å². The van der Waals surface area contributed by atoms with Crippen LogP contribution >= 0.6 is 15.9 Å². The molecule has 0 saturated heterocycles. The van der Waals surface area contributed by atoms with Crippen molar-refractivity contribution in [2.45, 2.75) is 27.3 Å². The molecule has 0 aliphatic heterocycles. The maximum Gasteiger partial charge on any atom is 0.264 e. The normalized spacial score (nSPS) is 11.3. The lowest BCUT2D eigenvalue weighted by molar-refractivity contribution is 0.0970. The van der Waals surface area contributed by atoms with Crippen molar-refractivity contribution in [3.8, 4) is 5.69 Å². The van der Waals surface area contributed by atoms with Crippen molar-refractivity contribution >= 4 is 32.7 Å². The van der Waals surface area contributed by atoms with Crippen molar-refractivity contribution in [3.63, 3.8) is 0 Å². The largest absolute Gasteiger partial charge is 0.318 e. The number of hydrogen-bond donors (Lipinski definition) is 0. The van der Waals surface area contributed by atoms with Gasteiger partial charge in [-0.1, -0.05) is 15.9 Å². The van der Waals surface area contributed by atoms with Crippen LogP contribution in [-0.4, -0.2) is 29.7 Å². The molecule has 3 heterocycles. The highest BCUT2D eigenvalue weighted by molar-refractivity contribution is 9.10. The average molecular weight is 454 g/mol. The molecule has 7 nitrogen and oxygen atoms in total. The van der Waals surface area contributed by atoms with E-state index in [1.54, 1.807) is 7.05 Å². The number of nitrogens with zero attached hydrogens (tertiary/aromatic N) is 5. The molecule has 0 saturated carbocycles. The number of fused-ring (bicyclic) bond motifs is 1. The number of ketones is 1. The van der Waals surface area contributed by atoms with E-state index in [9.17, 15) is 9.59 Å². The summed E-state index contributed by atoms with van der Waals surface area (Å²) in [6.45, 7) is 5.85. The molecule has 0 spiro atoms. The Bertz CT molecular complexity index is 1330. The molecule has 4 aromatic rings. The minimum atomic E-state index is -0.270. The van der Waals surface area contributed by atoms with E-state index in [-0.39, 0.29) is 17.9 Å². The van der Waals surface area contributed by atoms with Crippen molar-refractivity contribution in [3.05, 3.63) is 74.1 Å². The summed E-state index contributed by atoms with van der Waals surface area (Å²) >= 11 is 3.52. The quantitative estimate of drug-likeness (QED) is 0.443. The number of hydrogen-bond acceptors (Lipinski definition) is 4. The molecule has 0 N–H and O–H groups in total. The summed E-state index contributed by atoms with van der Waals surface area (Å²) in [4.78, 5) is 29.9. The first-order chi connectivity index (χ1) is 13.8. The second-order valence-corrected chi connectivity index (χ2v) is 8.01. The van der Waals surface area contributed by atoms with Gasteiger partial charge >= 0.3 is 0 Å². The average Bonchev–Trinajstić information content (AvgIpc) is 3.20. The van der Waals surface area contributed by atoms with Crippen LogP contribution < -0.4 is 5.56 Å². The number of aromatic nitrogens is 5. The van der Waals surface area contributed by atoms with Crippen LogP contribution in [0, 0.1) is 20.8 Å². The van der Waals surface area contributed by atoms with Gasteiger partial charge in [0.05, 0.1) is 12.7 Å². The lowest BCUT2D eigenvalue weighted by Crippen LogP contribution is -2.24. The predicted molar refractivity (Wildman–Crippen MR) is 115 cm³/mol. The Morgan fingerprint density at radius 1 is 1.17 bits per heavy atom. The Balaban J connectivity index is 1.71. The third kappa shape index (κ3) is 3.23. The lowest BCUT2D eigenvalue weighted by Gasteiger charge is -2.12. The van der Waals surface area contributed by atoms with Crippen molar-refractivity contribution in [2.75, 3.05) is 0 Å². The summed E-state index contributed by atoms with van der Waals surface area (Å²) in [7, 11) is 1.73. The topological polar surface area (TPSA) is 74.7 Å². The fourth-order valence-corrected chi connectivity index (χ4v) is 3.88. The fourth-order valence-electron chi connectivity index (χ4n) is 3.63. The molecule has 0 radical (unpaired) electrons. The maximum absolute atomic E-state index is 13.0. The molecule has 8 heteroatoms. The molecule has 148 valence electrons. The second kappa shape index (κ2) is 7.11. The summed E-state index contributed by atoms with van der Waals surface area (Å²) in [5, 5.41) is 4.46. The fraction of sp³-hybridized carbons (Fsp3) is 0.238. The summed E-state index contributed by atoms with van der Waals surface area (Å²) in [6, 6.07) is 7.95. The monoisotopic (exact) mass is 453 g/mol. The zero-order valence-electron chi connectivity index (χ0n) is 16.6. The number of carbonyl (C=O) groups excluding carboxylic acids is 1. The lowest BCUT2D eigenvalue weighted by atomic mass is 10.1. The van der Waals surface area contributed by atoms with Crippen LogP contribution in [0.4, 0.5) is 0 Å². The van der Waals surface area contributed by atoms with E-state index in [4.69, 9.17) is 0 Å². The maximum atomic E-state index is 13.0. The minimum absolute atomic E-state index is 0.0691. The molecule has 0 amide bonds. The summed E-state index contributed by atoms with van der Waals surface area (Å²) < 4.78 is 5.97. The first-order valence-electron chi connectivity index (χ1n) is 9.13. The Morgan fingerprint density at radius 3 is 2.66 bits per heavy atom. The van der Waals surface area contributed by atoms with E-state index in [0.717, 1.165) is 27.1 Å². The van der Waals surface area contributed by atoms with Crippen molar-refractivity contribution < 1.29 is 4.79 Å². The van der Waals surface area contributed by atoms with Crippen LogP contribution in [0.5, 0.6) is 0 Å². The van der Waals surface area contributed by atoms with Gasteiger partial charge < -0.3 is 4.57 Å². The SMILES string of the molecule is Cc1cc(-n2c(C)cc(C(=O)Cn3cnc4c(cnn4C)c3=O)c2C)ccc1Br. The van der Waals surface area contributed by atoms with E-state index in [1.165, 1.54) is 21.8 Å². The van der Waals surface area contributed by atoms with Gasteiger partial charge in [0.15, 0.2) is 11.4 Å². The van der Waals surface area contributed by atoms with Gasteiger partial charge in [-0.15, -0.1) is 0 Å². The molecular formula is C21H20BrN5O2. The van der Waals surface area contributed by atoms with Crippen LogP contribution in [0.1, 0.15) is 27.3 Å². The van der Waals surface area contributed by atoms with Gasteiger partial charge in [-0.25, -0.2) is 4.98 Å². The van der Waals surface area contributed by atoms with Gasteiger partial charge in [-0.05, 0) is 50.6 Å². The van der Waals surface area contributed by atoms with Crippen molar-refractivity contribution in [1.82, 2.24) is 23.9 Å². The Morgan fingerprint density at radius 2 is 1.93 bits per heavy atom. The molecule has 0 atom stereocenters. The molecule has 4 rings (SSSR count). The highest BCUT2D eigenvalue weighted by Gasteiger charge is 2.19. The molecular weight excluding hydrogens is 434 g/mol. The highest BCUT2D eigenvalue weighted by atomic mass is 79.9. The molecule has 0 unspecified atom stereocenters. The van der Waals surface area contributed by atoms with Gasteiger partial charge in [0.1, 0.15) is 11.7 Å². The van der Waals surface area contributed by atoms with Crippen LogP contribution in [0.15, 0.2) is 46.1 Å². The number of carbonyl (C=O) groups is 1. The zero-order valence-corrected chi connectivity index (χ0v) is 18.2. The molecule has 29 heavy (non-hydrogen) atoms. The number of rotatable bonds is 4. The summed E-state index contributed by atoms with van der Waals surface area (Å²) in [5.74, 6) is -0.134. The standard InChI is InChI=1S/C21H20BrN5O2/c1-12-7-15(5-6-18(12)22)27-13(2)8-16(14(27)3)19(28)10-26-11-23-20-17(21(26)29)9-24-25(20)4/h5-9,11H,10H2,1-4H3. The van der Waals surface area contributed by atoms with Gasteiger partial charge in [0.25, 0.3) is 5.56 Å². The van der Waals surface area contributed by atoms with Crippen LogP contribution in [0.25, 0.3) is 16.7 Å². The van der Waals surface area contributed by atoms with Crippen molar-refractivity contribution in [2.24, 2.45) is 7.05 Å². The van der Waals surface area contributed by atoms with Crippen molar-refractivity contribution in [1.29, 1.82) is 0 Å². The van der Waals surface area contributed by atoms with E-state index < -0.39 is 0 Å². The van der Waals surface area contributed by atoms with E-state index >= 15 is 0 Å². The Kier molecular flexibility index (Phi) is 4.74. The van der Waals surface area contributed by atoms with Crippen LogP contribution in [0.2, 0.25) is 0 Å². The first-order valence-corrected chi connectivity index (χ1v) is 9.93. The molecule has 3 aromatic heterocycles. The number of aryl methyl sites for hydroxylation is 3. The number of benzene rings is 1. The zero-order chi connectivity index (χ0) is 20.9. The molecule has 0 aliphatic rings. The third-order valence-corrected chi connectivity index (χ3v) is 6.05.